The Morgan fingerprint density at radius 3 is 2.27 bits per heavy atom. The molecular weight excluding hydrogens is 414 g/mol. The molecule has 0 unspecified atom stereocenters. The smallest absolute Gasteiger partial charge is 0.419 e. The maximum Gasteiger partial charge on any atom is 0.419 e. The number of amides is 2. The van der Waals surface area contributed by atoms with Crippen molar-refractivity contribution in [3.8, 4) is 0 Å². The molecule has 0 bridgehead atoms. The summed E-state index contributed by atoms with van der Waals surface area (Å²) in [5.74, 6) is -3.57. The van der Waals surface area contributed by atoms with E-state index in [4.69, 9.17) is 23.4 Å². The van der Waals surface area contributed by atoms with Crippen LogP contribution >= 0.6 is 0 Å². The highest BCUT2D eigenvalue weighted by Gasteiger charge is 2.73. The fourth-order valence-electron chi connectivity index (χ4n) is 3.49. The van der Waals surface area contributed by atoms with Crippen LogP contribution in [0.15, 0.2) is 0 Å². The zero-order chi connectivity index (χ0) is 23.1. The Morgan fingerprint density at radius 1 is 1.20 bits per heavy atom. The molecule has 2 rings (SSSR count). The molecule has 2 saturated heterocycles. The van der Waals surface area contributed by atoms with Crippen LogP contribution in [0.3, 0.4) is 0 Å². The van der Waals surface area contributed by atoms with Crippen molar-refractivity contribution in [2.24, 2.45) is 5.92 Å². The van der Waals surface area contributed by atoms with E-state index >= 15 is 0 Å². The highest BCUT2D eigenvalue weighted by Crippen LogP contribution is 2.49. The van der Waals surface area contributed by atoms with E-state index in [2.05, 4.69) is 0 Å². The first kappa shape index (κ1) is 24.3. The van der Waals surface area contributed by atoms with Gasteiger partial charge in [-0.15, -0.1) is 0 Å². The lowest BCUT2D eigenvalue weighted by Crippen LogP contribution is -2.69. The normalized spacial score (nSPS) is 28.5. The minimum atomic E-state index is -2.58. The van der Waals surface area contributed by atoms with Crippen molar-refractivity contribution in [2.45, 2.75) is 77.3 Å². The van der Waals surface area contributed by atoms with Crippen LogP contribution in [0.4, 0.5) is 4.79 Å². The summed E-state index contributed by atoms with van der Waals surface area (Å²) in [6, 6.07) is 0. The maximum absolute atomic E-state index is 13.6. The first-order valence-electron chi connectivity index (χ1n) is 9.84. The number of imide groups is 1. The number of ether oxygens (including phenoxy) is 4. The SMILES string of the molecule is CCOC(=O)C[C@@H]1[C@H]2O[C@H]2N(C(=O)OC(C)(C)C)C(=O)[C@]1(O[Si](C)(C)C)C(=O)OC. The van der Waals surface area contributed by atoms with Crippen LogP contribution in [0.25, 0.3) is 0 Å². The van der Waals surface area contributed by atoms with Crippen LogP contribution in [0, 0.1) is 5.92 Å². The second-order valence-corrected chi connectivity index (χ2v) is 13.6. The third kappa shape index (κ3) is 4.84. The summed E-state index contributed by atoms with van der Waals surface area (Å²) in [6.07, 6.45) is -2.99. The van der Waals surface area contributed by atoms with Gasteiger partial charge in [0.05, 0.1) is 20.1 Å². The van der Waals surface area contributed by atoms with Gasteiger partial charge >= 0.3 is 18.0 Å². The molecule has 2 amide bonds. The predicted octanol–water partition coefficient (Wildman–Crippen LogP) is 1.82. The summed E-state index contributed by atoms with van der Waals surface area (Å²) in [5, 5.41) is 0. The highest BCUT2D eigenvalue weighted by atomic mass is 28.4. The molecule has 2 aliphatic heterocycles. The number of carbonyl (C=O) groups is 4. The molecule has 4 atom stereocenters. The third-order valence-corrected chi connectivity index (χ3v) is 5.38. The Balaban J connectivity index is 2.55. The van der Waals surface area contributed by atoms with Gasteiger partial charge in [0.2, 0.25) is 5.60 Å². The average Bonchev–Trinajstić information content (AvgIpc) is 3.34. The van der Waals surface area contributed by atoms with Crippen LogP contribution in [-0.4, -0.2) is 74.4 Å². The van der Waals surface area contributed by atoms with E-state index in [-0.39, 0.29) is 13.0 Å². The Morgan fingerprint density at radius 2 is 1.80 bits per heavy atom. The van der Waals surface area contributed by atoms with Crippen molar-refractivity contribution in [2.75, 3.05) is 13.7 Å². The Labute approximate surface area is 177 Å². The van der Waals surface area contributed by atoms with Crippen LogP contribution in [0.2, 0.25) is 19.6 Å². The second-order valence-electron chi connectivity index (χ2n) is 9.20. The number of carbonyl (C=O) groups excluding carboxylic acids is 4. The molecule has 0 saturated carbocycles. The first-order chi connectivity index (χ1) is 13.7. The molecule has 170 valence electrons. The van der Waals surface area contributed by atoms with Crippen molar-refractivity contribution in [1.82, 2.24) is 4.90 Å². The number of methoxy groups -OCH3 is 1. The Kier molecular flexibility index (Phi) is 6.70. The standard InChI is InChI=1S/C19H31NO9Si/c1-9-26-12(21)10-11-13-14(27-13)20(17(24)28-18(2,3)4)15(22)19(11,16(23)25-5)29-30(6,7)8/h11,13-14H,9-10H2,1-8H3/t11-,13-,14-,19+/m1/s1. The van der Waals surface area contributed by atoms with E-state index in [1.165, 1.54) is 0 Å². The fraction of sp³-hybridized carbons (Fsp3) is 0.789. The largest absolute Gasteiger partial charge is 0.466 e. The molecular formula is C19H31NO9Si. The number of rotatable bonds is 6. The monoisotopic (exact) mass is 445 g/mol. The van der Waals surface area contributed by atoms with Crippen LogP contribution in [0.1, 0.15) is 34.1 Å². The van der Waals surface area contributed by atoms with Gasteiger partial charge in [-0.05, 0) is 47.3 Å². The summed E-state index contributed by atoms with van der Waals surface area (Å²) >= 11 is 0. The van der Waals surface area contributed by atoms with E-state index in [1.807, 2.05) is 0 Å². The number of epoxide rings is 1. The molecule has 11 heteroatoms. The van der Waals surface area contributed by atoms with Gasteiger partial charge in [0.15, 0.2) is 14.5 Å². The molecule has 0 aromatic rings. The van der Waals surface area contributed by atoms with Crippen molar-refractivity contribution < 1.29 is 42.6 Å². The van der Waals surface area contributed by atoms with Crippen LogP contribution in [-0.2, 0) is 37.8 Å². The van der Waals surface area contributed by atoms with Gasteiger partial charge < -0.3 is 23.4 Å². The minimum absolute atomic E-state index is 0.137. The van der Waals surface area contributed by atoms with Gasteiger partial charge in [-0.2, -0.15) is 0 Å². The number of hydrogen-bond donors (Lipinski definition) is 0. The van der Waals surface area contributed by atoms with E-state index in [0.717, 1.165) is 12.0 Å². The number of piperidine rings is 1. The number of likely N-dealkylation sites (tertiary alicyclic amines) is 1. The Bertz CT molecular complexity index is 726. The van der Waals surface area contributed by atoms with Gasteiger partial charge in [-0.3, -0.25) is 9.59 Å². The van der Waals surface area contributed by atoms with Crippen molar-refractivity contribution in [3.63, 3.8) is 0 Å². The topological polar surface area (TPSA) is 121 Å². The summed E-state index contributed by atoms with van der Waals surface area (Å²) in [5.41, 5.74) is -3.10. The van der Waals surface area contributed by atoms with Crippen LogP contribution < -0.4 is 0 Å². The highest BCUT2D eigenvalue weighted by molar-refractivity contribution is 6.70. The first-order valence-corrected chi connectivity index (χ1v) is 13.2. The molecule has 0 radical (unpaired) electrons. The minimum Gasteiger partial charge on any atom is -0.466 e. The molecule has 0 aliphatic carbocycles. The summed E-state index contributed by atoms with van der Waals surface area (Å²) in [7, 11) is -1.46. The molecule has 0 aromatic heterocycles. The van der Waals surface area contributed by atoms with E-state index in [1.54, 1.807) is 47.3 Å². The number of hydrogen-bond acceptors (Lipinski definition) is 9. The number of nitrogens with zero attached hydrogens (tertiary/aromatic N) is 1. The zero-order valence-electron chi connectivity index (χ0n) is 18.8. The molecule has 0 N–H and O–H groups in total. The fourth-order valence-corrected chi connectivity index (χ4v) is 4.78. The summed E-state index contributed by atoms with van der Waals surface area (Å²) in [4.78, 5) is 52.4. The molecule has 2 aliphatic rings. The van der Waals surface area contributed by atoms with E-state index in [9.17, 15) is 19.2 Å². The molecule has 10 nitrogen and oxygen atoms in total. The predicted molar refractivity (Wildman–Crippen MR) is 106 cm³/mol. The molecule has 2 heterocycles. The van der Waals surface area contributed by atoms with Gasteiger partial charge in [0.25, 0.3) is 5.91 Å². The Hall–Kier alpha value is -1.98. The van der Waals surface area contributed by atoms with E-state index < -0.39 is 61.7 Å². The molecule has 30 heavy (non-hydrogen) atoms. The molecule has 0 aromatic carbocycles. The third-order valence-electron chi connectivity index (χ3n) is 4.45. The summed E-state index contributed by atoms with van der Waals surface area (Å²) in [6.45, 7) is 12.1. The maximum atomic E-state index is 13.6. The lowest BCUT2D eigenvalue weighted by Gasteiger charge is -2.44. The second kappa shape index (κ2) is 8.27. The lowest BCUT2D eigenvalue weighted by molar-refractivity contribution is -0.182. The van der Waals surface area contributed by atoms with Gasteiger partial charge in [0, 0.05) is 5.92 Å². The van der Waals surface area contributed by atoms with Gasteiger partial charge in [0.1, 0.15) is 11.7 Å². The van der Waals surface area contributed by atoms with Crippen LogP contribution in [0.5, 0.6) is 0 Å². The van der Waals surface area contributed by atoms with E-state index in [0.29, 0.717) is 0 Å². The average molecular weight is 446 g/mol. The molecule has 2 fully saturated rings. The van der Waals surface area contributed by atoms with Crippen molar-refractivity contribution in [1.29, 1.82) is 0 Å². The summed E-state index contributed by atoms with van der Waals surface area (Å²) < 4.78 is 27.0. The number of esters is 2. The molecule has 0 spiro atoms. The van der Waals surface area contributed by atoms with Crippen molar-refractivity contribution in [3.05, 3.63) is 0 Å². The quantitative estimate of drug-likeness (QED) is 0.198. The van der Waals surface area contributed by atoms with Crippen molar-refractivity contribution >= 4 is 32.3 Å². The van der Waals surface area contributed by atoms with Gasteiger partial charge in [-0.25, -0.2) is 14.5 Å². The van der Waals surface area contributed by atoms with Gasteiger partial charge in [-0.1, -0.05) is 0 Å². The lowest BCUT2D eigenvalue weighted by atomic mass is 9.78. The number of fused-ring (bicyclic) bond motifs is 1. The zero-order valence-corrected chi connectivity index (χ0v) is 19.8.